The summed E-state index contributed by atoms with van der Waals surface area (Å²) in [7, 11) is 0. The van der Waals surface area contributed by atoms with Gasteiger partial charge in [0.05, 0.1) is 0 Å². The second-order valence-corrected chi connectivity index (χ2v) is 22.4. The van der Waals surface area contributed by atoms with Crippen molar-refractivity contribution in [1.29, 1.82) is 0 Å². The molecule has 0 aliphatic carbocycles. The van der Waals surface area contributed by atoms with Crippen LogP contribution in [0.15, 0.2) is 85.1 Å². The van der Waals surface area contributed by atoms with Gasteiger partial charge in [0.15, 0.2) is 6.10 Å². The zero-order chi connectivity index (χ0) is 56.4. The van der Waals surface area contributed by atoms with Crippen LogP contribution < -0.4 is 0 Å². The molecule has 0 saturated carbocycles. The molecule has 0 N–H and O–H groups in total. The highest BCUT2D eigenvalue weighted by Gasteiger charge is 2.19. The topological polar surface area (TPSA) is 78.9 Å². The Hall–Kier alpha value is -3.41. The van der Waals surface area contributed by atoms with Gasteiger partial charge in [-0.2, -0.15) is 0 Å². The first-order valence-corrected chi connectivity index (χ1v) is 33.6. The first-order chi connectivity index (χ1) is 38.5. The molecular formula is C72H126O6. The summed E-state index contributed by atoms with van der Waals surface area (Å²) in [6.45, 7) is 6.47. The van der Waals surface area contributed by atoms with Crippen molar-refractivity contribution in [1.82, 2.24) is 0 Å². The highest BCUT2D eigenvalue weighted by molar-refractivity contribution is 5.71. The summed E-state index contributed by atoms with van der Waals surface area (Å²) in [5.74, 6) is -0.903. The van der Waals surface area contributed by atoms with Crippen LogP contribution in [0.4, 0.5) is 0 Å². The third-order valence-electron chi connectivity index (χ3n) is 14.7. The van der Waals surface area contributed by atoms with Crippen LogP contribution in [0.1, 0.15) is 335 Å². The molecule has 0 bridgehead atoms. The lowest BCUT2D eigenvalue weighted by atomic mass is 10.0. The van der Waals surface area contributed by atoms with Crippen molar-refractivity contribution in [3.8, 4) is 0 Å². The fourth-order valence-corrected chi connectivity index (χ4v) is 9.66. The Morgan fingerprint density at radius 1 is 0.269 bits per heavy atom. The zero-order valence-corrected chi connectivity index (χ0v) is 51.7. The molecule has 0 aromatic carbocycles. The lowest BCUT2D eigenvalue weighted by molar-refractivity contribution is -0.167. The van der Waals surface area contributed by atoms with Crippen molar-refractivity contribution in [2.75, 3.05) is 13.2 Å². The minimum atomic E-state index is -0.783. The Labute approximate surface area is 484 Å². The van der Waals surface area contributed by atoms with E-state index < -0.39 is 6.10 Å². The number of carbonyl (C=O) groups is 3. The van der Waals surface area contributed by atoms with E-state index in [1.165, 1.54) is 167 Å². The monoisotopic (exact) mass is 1090 g/mol. The highest BCUT2D eigenvalue weighted by atomic mass is 16.6. The number of unbranched alkanes of at least 4 members (excludes halogenated alkanes) is 36. The molecule has 0 aliphatic heterocycles. The van der Waals surface area contributed by atoms with Crippen LogP contribution in [0.25, 0.3) is 0 Å². The molecule has 0 spiro atoms. The summed E-state index contributed by atoms with van der Waals surface area (Å²) in [6, 6.07) is 0. The highest BCUT2D eigenvalue weighted by Crippen LogP contribution is 2.18. The maximum Gasteiger partial charge on any atom is 0.306 e. The Bertz CT molecular complexity index is 1480. The molecule has 1 atom stereocenters. The van der Waals surface area contributed by atoms with Crippen molar-refractivity contribution < 1.29 is 28.6 Å². The molecule has 6 nitrogen and oxygen atoms in total. The van der Waals surface area contributed by atoms with Crippen molar-refractivity contribution in [3.63, 3.8) is 0 Å². The molecule has 1 unspecified atom stereocenters. The summed E-state index contributed by atoms with van der Waals surface area (Å²) in [6.07, 6.45) is 88.0. The molecule has 0 rings (SSSR count). The minimum Gasteiger partial charge on any atom is -0.462 e. The Morgan fingerprint density at radius 2 is 0.500 bits per heavy atom. The van der Waals surface area contributed by atoms with Crippen LogP contribution in [-0.2, 0) is 28.6 Å². The molecule has 6 heteroatoms. The van der Waals surface area contributed by atoms with E-state index >= 15 is 0 Å². The Kier molecular flexibility index (Phi) is 63.2. The van der Waals surface area contributed by atoms with Gasteiger partial charge in [-0.3, -0.25) is 14.4 Å². The molecule has 0 aliphatic rings. The van der Waals surface area contributed by atoms with E-state index in [1.807, 2.05) is 0 Å². The van der Waals surface area contributed by atoms with Crippen LogP contribution in [0.3, 0.4) is 0 Å². The van der Waals surface area contributed by atoms with Gasteiger partial charge in [-0.1, -0.05) is 324 Å². The van der Waals surface area contributed by atoms with Crippen LogP contribution >= 0.6 is 0 Å². The molecule has 0 fully saturated rings. The van der Waals surface area contributed by atoms with Crippen molar-refractivity contribution in [2.24, 2.45) is 0 Å². The van der Waals surface area contributed by atoms with Gasteiger partial charge in [-0.15, -0.1) is 0 Å². The van der Waals surface area contributed by atoms with Crippen molar-refractivity contribution in [3.05, 3.63) is 85.1 Å². The lowest BCUT2D eigenvalue weighted by Crippen LogP contribution is -2.30. The van der Waals surface area contributed by atoms with Gasteiger partial charge in [0.25, 0.3) is 0 Å². The largest absolute Gasteiger partial charge is 0.462 e. The number of hydrogen-bond donors (Lipinski definition) is 0. The molecule has 0 saturated heterocycles. The number of ether oxygens (including phenoxy) is 3. The van der Waals surface area contributed by atoms with E-state index in [0.717, 1.165) is 128 Å². The molecule has 78 heavy (non-hydrogen) atoms. The summed E-state index contributed by atoms with van der Waals surface area (Å²) in [4.78, 5) is 38.0. The SMILES string of the molecule is CC/C=C\C/C=C\C/C=C\C/C=C\C/C=C\C/C=C\C/C=C\CCCCCCCC(=O)OC(COC(=O)CCCCCCC)COC(=O)CCCCCCCCCCCCCCCCCCCCCCCCCCCCCC. The predicted molar refractivity (Wildman–Crippen MR) is 339 cm³/mol. The normalized spacial score (nSPS) is 12.6. The fraction of sp³-hybridized carbons (Fsp3) is 0.764. The van der Waals surface area contributed by atoms with E-state index in [4.69, 9.17) is 14.2 Å². The van der Waals surface area contributed by atoms with E-state index in [0.29, 0.717) is 19.3 Å². The summed E-state index contributed by atoms with van der Waals surface area (Å²) in [5.41, 5.74) is 0. The quantitative estimate of drug-likeness (QED) is 0.0261. The molecule has 450 valence electrons. The van der Waals surface area contributed by atoms with E-state index in [2.05, 4.69) is 106 Å². The number of allylic oxidation sites excluding steroid dienone is 14. The third kappa shape index (κ3) is 63.4. The van der Waals surface area contributed by atoms with E-state index in [1.54, 1.807) is 0 Å². The maximum atomic E-state index is 12.8. The van der Waals surface area contributed by atoms with E-state index in [-0.39, 0.29) is 31.1 Å². The first-order valence-electron chi connectivity index (χ1n) is 33.6. The average molecular weight is 1090 g/mol. The Morgan fingerprint density at radius 3 is 0.782 bits per heavy atom. The second-order valence-electron chi connectivity index (χ2n) is 22.4. The summed E-state index contributed by atoms with van der Waals surface area (Å²) >= 11 is 0. The zero-order valence-electron chi connectivity index (χ0n) is 51.7. The summed E-state index contributed by atoms with van der Waals surface area (Å²) in [5, 5.41) is 0. The Balaban J connectivity index is 4.04. The predicted octanol–water partition coefficient (Wildman–Crippen LogP) is 23.1. The van der Waals surface area contributed by atoms with Crippen LogP contribution in [0, 0.1) is 0 Å². The fourth-order valence-electron chi connectivity index (χ4n) is 9.66. The van der Waals surface area contributed by atoms with Crippen LogP contribution in [-0.4, -0.2) is 37.2 Å². The van der Waals surface area contributed by atoms with Crippen LogP contribution in [0.2, 0.25) is 0 Å². The molecule has 0 aromatic rings. The molecular weight excluding hydrogens is 961 g/mol. The maximum absolute atomic E-state index is 12.8. The lowest BCUT2D eigenvalue weighted by Gasteiger charge is -2.18. The average Bonchev–Trinajstić information content (AvgIpc) is 3.44. The van der Waals surface area contributed by atoms with Crippen LogP contribution in [0.5, 0.6) is 0 Å². The van der Waals surface area contributed by atoms with Gasteiger partial charge < -0.3 is 14.2 Å². The smallest absolute Gasteiger partial charge is 0.306 e. The number of hydrogen-bond acceptors (Lipinski definition) is 6. The summed E-state index contributed by atoms with van der Waals surface area (Å²) < 4.78 is 16.8. The van der Waals surface area contributed by atoms with Gasteiger partial charge in [-0.05, 0) is 77.0 Å². The number of carbonyl (C=O) groups excluding carboxylic acids is 3. The standard InChI is InChI=1S/C72H126O6/c1-4-7-10-13-15-17-19-21-23-25-27-29-31-33-35-37-38-40-42-44-46-48-50-52-54-56-59-62-65-71(74)77-68-69(67-76-70(73)64-61-58-12-9-6-3)78-72(75)66-63-60-57-55-53-51-49-47-45-43-41-39-36-34-32-30-28-26-24-22-20-18-16-14-11-8-5-2/h8,11,16,18,22,24,28,30,34,36,41,43,47,49,69H,4-7,9-10,12-15,17,19-21,23,25-27,29,31-33,35,37-40,42,44-46,48,50-68H2,1-3H3/b11-8-,18-16-,24-22-,30-28-,36-34-,43-41-,49-47-. The van der Waals surface area contributed by atoms with Gasteiger partial charge in [0.2, 0.25) is 0 Å². The minimum absolute atomic E-state index is 0.0818. The second kappa shape index (κ2) is 66.1. The first kappa shape index (κ1) is 74.6. The van der Waals surface area contributed by atoms with E-state index in [9.17, 15) is 14.4 Å². The van der Waals surface area contributed by atoms with Gasteiger partial charge in [-0.25, -0.2) is 0 Å². The van der Waals surface area contributed by atoms with Gasteiger partial charge in [0.1, 0.15) is 13.2 Å². The third-order valence-corrected chi connectivity index (χ3v) is 14.7. The number of esters is 3. The molecule has 0 heterocycles. The number of rotatable bonds is 61. The van der Waals surface area contributed by atoms with Gasteiger partial charge >= 0.3 is 17.9 Å². The molecule has 0 aromatic heterocycles. The van der Waals surface area contributed by atoms with Crippen molar-refractivity contribution >= 4 is 17.9 Å². The van der Waals surface area contributed by atoms with Gasteiger partial charge in [0, 0.05) is 19.3 Å². The van der Waals surface area contributed by atoms with Crippen molar-refractivity contribution in [2.45, 2.75) is 341 Å². The molecule has 0 amide bonds. The molecule has 0 radical (unpaired) electrons.